The van der Waals surface area contributed by atoms with E-state index >= 15 is 0 Å². The minimum atomic E-state index is 0.0524. The second kappa shape index (κ2) is 5.91. The molecule has 5 heteroatoms. The molecule has 0 saturated carbocycles. The molecule has 0 spiro atoms. The highest BCUT2D eigenvalue weighted by atomic mass is 79.9. The molecule has 2 aromatic rings. The smallest absolute Gasteiger partial charge is 0.131 e. The van der Waals surface area contributed by atoms with Gasteiger partial charge in [0, 0.05) is 9.50 Å². The minimum absolute atomic E-state index is 0.0524. The van der Waals surface area contributed by atoms with E-state index in [-0.39, 0.29) is 6.04 Å². The number of aromatic nitrogens is 1. The predicted octanol–water partition coefficient (Wildman–Crippen LogP) is 5.32. The maximum atomic E-state index is 6.21. The summed E-state index contributed by atoms with van der Waals surface area (Å²) in [5.41, 5.74) is 1.02. The molecule has 18 heavy (non-hydrogen) atoms. The van der Waals surface area contributed by atoms with Crippen molar-refractivity contribution in [2.45, 2.75) is 13.0 Å². The Balaban J connectivity index is 2.19. The van der Waals surface area contributed by atoms with Gasteiger partial charge in [0.25, 0.3) is 0 Å². The first-order valence-corrected chi connectivity index (χ1v) is 6.95. The Morgan fingerprint density at radius 3 is 2.67 bits per heavy atom. The number of nitrogens with zero attached hydrogens (tertiary/aromatic N) is 1. The van der Waals surface area contributed by atoms with Crippen molar-refractivity contribution in [3.8, 4) is 0 Å². The number of nitrogens with one attached hydrogen (secondary N) is 1. The molecule has 2 nitrogen and oxygen atoms in total. The fraction of sp³-hybridized carbons (Fsp3) is 0.154. The average Bonchev–Trinajstić information content (AvgIpc) is 2.28. The average molecular weight is 346 g/mol. The fourth-order valence-electron chi connectivity index (χ4n) is 1.64. The van der Waals surface area contributed by atoms with Gasteiger partial charge >= 0.3 is 0 Å². The van der Waals surface area contributed by atoms with E-state index in [2.05, 4.69) is 26.2 Å². The maximum absolute atomic E-state index is 6.21. The topological polar surface area (TPSA) is 24.9 Å². The summed E-state index contributed by atoms with van der Waals surface area (Å²) >= 11 is 15.4. The highest BCUT2D eigenvalue weighted by Crippen LogP contribution is 2.28. The summed E-state index contributed by atoms with van der Waals surface area (Å²) in [5.74, 6) is 0.731. The summed E-state index contributed by atoms with van der Waals surface area (Å²) in [6, 6.07) is 11.3. The van der Waals surface area contributed by atoms with Crippen LogP contribution in [-0.2, 0) is 0 Å². The Labute approximate surface area is 124 Å². The number of halogens is 3. The number of benzene rings is 1. The Hall–Kier alpha value is -0.770. The number of hydrogen-bond donors (Lipinski definition) is 1. The first-order chi connectivity index (χ1) is 8.56. The third kappa shape index (κ3) is 3.37. The molecule has 0 fully saturated rings. The van der Waals surface area contributed by atoms with Crippen LogP contribution in [0.5, 0.6) is 0 Å². The van der Waals surface area contributed by atoms with E-state index in [1.54, 1.807) is 6.07 Å². The van der Waals surface area contributed by atoms with Crippen LogP contribution in [0.15, 0.2) is 40.9 Å². The number of hydrogen-bond acceptors (Lipinski definition) is 2. The molecule has 0 aliphatic rings. The van der Waals surface area contributed by atoms with Gasteiger partial charge in [-0.15, -0.1) is 0 Å². The lowest BCUT2D eigenvalue weighted by atomic mass is 10.1. The molecule has 1 aromatic carbocycles. The second-order valence-electron chi connectivity index (χ2n) is 3.88. The van der Waals surface area contributed by atoms with Crippen molar-refractivity contribution in [3.05, 3.63) is 56.6 Å². The van der Waals surface area contributed by atoms with Crippen LogP contribution < -0.4 is 5.32 Å². The second-order valence-corrected chi connectivity index (χ2v) is 5.59. The first-order valence-electron chi connectivity index (χ1n) is 5.40. The third-order valence-electron chi connectivity index (χ3n) is 2.51. The van der Waals surface area contributed by atoms with E-state index in [9.17, 15) is 0 Å². The number of rotatable bonds is 3. The van der Waals surface area contributed by atoms with Gasteiger partial charge in [-0.2, -0.15) is 0 Å². The zero-order valence-corrected chi connectivity index (χ0v) is 12.7. The molecule has 1 atom stereocenters. The first kappa shape index (κ1) is 13.7. The molecule has 0 saturated heterocycles. The number of anilines is 1. The van der Waals surface area contributed by atoms with Crippen LogP contribution in [-0.4, -0.2) is 4.98 Å². The summed E-state index contributed by atoms with van der Waals surface area (Å²) in [7, 11) is 0. The lowest BCUT2D eigenvalue weighted by molar-refractivity contribution is 0.874. The molecule has 0 aliphatic heterocycles. The van der Waals surface area contributed by atoms with Crippen molar-refractivity contribution >= 4 is 44.9 Å². The van der Waals surface area contributed by atoms with Gasteiger partial charge in [0.05, 0.1) is 6.04 Å². The molecule has 1 aromatic heterocycles. The van der Waals surface area contributed by atoms with Crippen LogP contribution in [0.25, 0.3) is 0 Å². The number of pyridine rings is 1. The Bertz CT molecular complexity index is 560. The van der Waals surface area contributed by atoms with Crippen molar-refractivity contribution in [1.29, 1.82) is 0 Å². The molecule has 0 radical (unpaired) electrons. The fourth-order valence-corrected chi connectivity index (χ4v) is 2.64. The molecule has 1 N–H and O–H groups in total. The molecule has 0 aliphatic carbocycles. The van der Waals surface area contributed by atoms with Crippen LogP contribution in [0, 0.1) is 0 Å². The SMILES string of the molecule is CC(Nc1cccc(Cl)n1)c1ccc(Br)cc1Cl. The molecule has 1 heterocycles. The molecule has 94 valence electrons. The van der Waals surface area contributed by atoms with Crippen LogP contribution >= 0.6 is 39.1 Å². The summed E-state index contributed by atoms with van der Waals surface area (Å²) in [6.45, 7) is 2.03. The summed E-state index contributed by atoms with van der Waals surface area (Å²) in [6.07, 6.45) is 0. The van der Waals surface area contributed by atoms with E-state index in [4.69, 9.17) is 23.2 Å². The van der Waals surface area contributed by atoms with Crippen molar-refractivity contribution in [1.82, 2.24) is 4.98 Å². The molecule has 2 rings (SSSR count). The highest BCUT2D eigenvalue weighted by molar-refractivity contribution is 9.10. The van der Waals surface area contributed by atoms with Gasteiger partial charge < -0.3 is 5.32 Å². The van der Waals surface area contributed by atoms with Gasteiger partial charge in [-0.25, -0.2) is 4.98 Å². The van der Waals surface area contributed by atoms with Crippen molar-refractivity contribution < 1.29 is 0 Å². The zero-order valence-electron chi connectivity index (χ0n) is 9.62. The van der Waals surface area contributed by atoms with Crippen LogP contribution in [0.3, 0.4) is 0 Å². The molecular weight excluding hydrogens is 335 g/mol. The molecular formula is C13H11BrCl2N2. The van der Waals surface area contributed by atoms with Crippen LogP contribution in [0.4, 0.5) is 5.82 Å². The third-order valence-corrected chi connectivity index (χ3v) is 3.54. The monoisotopic (exact) mass is 344 g/mol. The van der Waals surface area contributed by atoms with Crippen LogP contribution in [0.2, 0.25) is 10.2 Å². The lowest BCUT2D eigenvalue weighted by Crippen LogP contribution is -2.08. The predicted molar refractivity (Wildman–Crippen MR) is 80.4 cm³/mol. The van der Waals surface area contributed by atoms with Gasteiger partial charge in [-0.1, -0.05) is 51.3 Å². The Morgan fingerprint density at radius 2 is 2.00 bits per heavy atom. The van der Waals surface area contributed by atoms with E-state index < -0.39 is 0 Å². The molecule has 0 bridgehead atoms. The summed E-state index contributed by atoms with van der Waals surface area (Å²) in [5, 5.41) is 4.44. The molecule has 0 amide bonds. The Kier molecular flexibility index (Phi) is 4.49. The normalized spacial score (nSPS) is 12.2. The van der Waals surface area contributed by atoms with Crippen molar-refractivity contribution in [2.24, 2.45) is 0 Å². The quantitative estimate of drug-likeness (QED) is 0.761. The van der Waals surface area contributed by atoms with E-state index in [0.717, 1.165) is 15.9 Å². The Morgan fingerprint density at radius 1 is 1.22 bits per heavy atom. The highest BCUT2D eigenvalue weighted by Gasteiger charge is 2.10. The summed E-state index contributed by atoms with van der Waals surface area (Å²) in [4.78, 5) is 4.19. The van der Waals surface area contributed by atoms with Gasteiger partial charge in [-0.3, -0.25) is 0 Å². The van der Waals surface area contributed by atoms with E-state index in [1.165, 1.54) is 0 Å². The van der Waals surface area contributed by atoms with Crippen LogP contribution in [0.1, 0.15) is 18.5 Å². The zero-order chi connectivity index (χ0) is 13.1. The van der Waals surface area contributed by atoms with Crippen molar-refractivity contribution in [2.75, 3.05) is 5.32 Å². The van der Waals surface area contributed by atoms with Gasteiger partial charge in [0.15, 0.2) is 0 Å². The lowest BCUT2D eigenvalue weighted by Gasteiger charge is -2.16. The van der Waals surface area contributed by atoms with E-state index in [1.807, 2.05) is 37.3 Å². The minimum Gasteiger partial charge on any atom is -0.363 e. The van der Waals surface area contributed by atoms with Gasteiger partial charge in [0.2, 0.25) is 0 Å². The standard InChI is InChI=1S/C13H11BrCl2N2/c1-8(10-6-5-9(14)7-11(10)15)17-13-4-2-3-12(16)18-13/h2-8H,1H3,(H,17,18). The van der Waals surface area contributed by atoms with Gasteiger partial charge in [0.1, 0.15) is 11.0 Å². The van der Waals surface area contributed by atoms with Crippen molar-refractivity contribution in [3.63, 3.8) is 0 Å². The molecule has 1 unspecified atom stereocenters. The van der Waals surface area contributed by atoms with Gasteiger partial charge in [-0.05, 0) is 36.8 Å². The van der Waals surface area contributed by atoms with E-state index in [0.29, 0.717) is 10.2 Å². The largest absolute Gasteiger partial charge is 0.363 e. The maximum Gasteiger partial charge on any atom is 0.131 e. The summed E-state index contributed by atoms with van der Waals surface area (Å²) < 4.78 is 0.962.